The number of hydrogen-bond donors (Lipinski definition) is 0. The third-order valence-corrected chi connectivity index (χ3v) is 3.26. The fourth-order valence-corrected chi connectivity index (χ4v) is 1.80. The zero-order valence-corrected chi connectivity index (χ0v) is 15.3. The van der Waals surface area contributed by atoms with Crippen LogP contribution in [-0.2, 0) is 23.7 Å². The molecule has 0 aliphatic heterocycles. The molecule has 0 bridgehead atoms. The maximum absolute atomic E-state index is 11.4. The first-order valence-electron chi connectivity index (χ1n) is 9.05. The second-order valence-electron chi connectivity index (χ2n) is 6.05. The van der Waals surface area contributed by atoms with Crippen molar-refractivity contribution in [2.24, 2.45) is 5.92 Å². The standard InChI is InChI=1S/C18H36O5/c1-4-5-6-10-20-13-15-22-16-14-21-11-7-8-18(19)23-12-9-17(2)3/h17H,4-16H2,1-3H3. The van der Waals surface area contributed by atoms with Gasteiger partial charge in [0.25, 0.3) is 0 Å². The largest absolute Gasteiger partial charge is 0.466 e. The second-order valence-corrected chi connectivity index (χ2v) is 6.05. The molecule has 138 valence electrons. The summed E-state index contributed by atoms with van der Waals surface area (Å²) >= 11 is 0. The predicted molar refractivity (Wildman–Crippen MR) is 91.6 cm³/mol. The summed E-state index contributed by atoms with van der Waals surface area (Å²) in [6.45, 7) is 10.7. The topological polar surface area (TPSA) is 54.0 Å². The monoisotopic (exact) mass is 332 g/mol. The lowest BCUT2D eigenvalue weighted by Gasteiger charge is -2.08. The zero-order chi connectivity index (χ0) is 17.2. The number of ether oxygens (including phenoxy) is 4. The Morgan fingerprint density at radius 3 is 1.91 bits per heavy atom. The van der Waals surface area contributed by atoms with Crippen LogP contribution < -0.4 is 0 Å². The van der Waals surface area contributed by atoms with Crippen LogP contribution in [0, 0.1) is 5.92 Å². The Kier molecular flexibility index (Phi) is 17.2. The number of carbonyl (C=O) groups excluding carboxylic acids is 1. The van der Waals surface area contributed by atoms with E-state index in [4.69, 9.17) is 18.9 Å². The average Bonchev–Trinajstić information content (AvgIpc) is 2.51. The summed E-state index contributed by atoms with van der Waals surface area (Å²) in [7, 11) is 0. The van der Waals surface area contributed by atoms with Gasteiger partial charge in [-0.3, -0.25) is 4.79 Å². The van der Waals surface area contributed by atoms with E-state index in [2.05, 4.69) is 20.8 Å². The van der Waals surface area contributed by atoms with Crippen molar-refractivity contribution in [3.8, 4) is 0 Å². The summed E-state index contributed by atoms with van der Waals surface area (Å²) in [5.41, 5.74) is 0. The highest BCUT2D eigenvalue weighted by Crippen LogP contribution is 2.01. The van der Waals surface area contributed by atoms with Gasteiger partial charge in [0, 0.05) is 19.6 Å². The third-order valence-electron chi connectivity index (χ3n) is 3.26. The molecule has 5 heteroatoms. The highest BCUT2D eigenvalue weighted by Gasteiger charge is 2.03. The fourth-order valence-electron chi connectivity index (χ4n) is 1.80. The molecule has 0 saturated carbocycles. The second kappa shape index (κ2) is 17.7. The molecule has 0 amide bonds. The van der Waals surface area contributed by atoms with Crippen molar-refractivity contribution in [2.45, 2.75) is 59.3 Å². The lowest BCUT2D eigenvalue weighted by Crippen LogP contribution is -2.11. The molecule has 23 heavy (non-hydrogen) atoms. The molecule has 0 aromatic carbocycles. The van der Waals surface area contributed by atoms with Crippen LogP contribution in [0.3, 0.4) is 0 Å². The molecule has 0 N–H and O–H groups in total. The van der Waals surface area contributed by atoms with Gasteiger partial charge < -0.3 is 18.9 Å². The van der Waals surface area contributed by atoms with Crippen LogP contribution in [0.5, 0.6) is 0 Å². The van der Waals surface area contributed by atoms with E-state index < -0.39 is 0 Å². The van der Waals surface area contributed by atoms with E-state index in [-0.39, 0.29) is 5.97 Å². The molecule has 0 radical (unpaired) electrons. The van der Waals surface area contributed by atoms with Gasteiger partial charge in [-0.05, 0) is 25.2 Å². The Balaban J connectivity index is 3.11. The van der Waals surface area contributed by atoms with Crippen LogP contribution in [0.15, 0.2) is 0 Å². The minimum Gasteiger partial charge on any atom is -0.466 e. The van der Waals surface area contributed by atoms with Crippen LogP contribution in [0.2, 0.25) is 0 Å². The van der Waals surface area contributed by atoms with Crippen molar-refractivity contribution in [2.75, 3.05) is 46.2 Å². The Bertz CT molecular complexity index is 256. The Labute approximate surface area is 142 Å². The van der Waals surface area contributed by atoms with Gasteiger partial charge in [-0.25, -0.2) is 0 Å². The van der Waals surface area contributed by atoms with Crippen molar-refractivity contribution in [3.63, 3.8) is 0 Å². The molecule has 0 aliphatic rings. The van der Waals surface area contributed by atoms with E-state index in [1.165, 1.54) is 12.8 Å². The third kappa shape index (κ3) is 19.3. The normalized spacial score (nSPS) is 11.1. The van der Waals surface area contributed by atoms with Gasteiger partial charge in [0.15, 0.2) is 0 Å². The first-order valence-corrected chi connectivity index (χ1v) is 9.05. The number of hydrogen-bond acceptors (Lipinski definition) is 5. The van der Waals surface area contributed by atoms with E-state index in [1.807, 2.05) is 0 Å². The average molecular weight is 332 g/mol. The molecule has 0 aromatic heterocycles. The number of carbonyl (C=O) groups is 1. The van der Waals surface area contributed by atoms with Gasteiger partial charge in [0.2, 0.25) is 0 Å². The predicted octanol–water partition coefficient (Wildman–Crippen LogP) is 3.60. The SMILES string of the molecule is CCCCCOCCOCCOCCCC(=O)OCCC(C)C. The molecule has 0 aromatic rings. The number of esters is 1. The molecule has 5 nitrogen and oxygen atoms in total. The molecule has 0 atom stereocenters. The van der Waals surface area contributed by atoms with E-state index in [1.54, 1.807) is 0 Å². The lowest BCUT2D eigenvalue weighted by molar-refractivity contribution is -0.144. The molecule has 0 aliphatic carbocycles. The highest BCUT2D eigenvalue weighted by atomic mass is 16.5. The van der Waals surface area contributed by atoms with Gasteiger partial charge in [0.1, 0.15) is 0 Å². The first kappa shape index (κ1) is 22.4. The maximum Gasteiger partial charge on any atom is 0.305 e. The van der Waals surface area contributed by atoms with Crippen molar-refractivity contribution in [1.82, 2.24) is 0 Å². The van der Waals surface area contributed by atoms with Crippen LogP contribution in [0.1, 0.15) is 59.3 Å². The van der Waals surface area contributed by atoms with Gasteiger partial charge in [0.05, 0.1) is 33.0 Å². The number of unbranched alkanes of at least 4 members (excludes halogenated alkanes) is 2. The van der Waals surface area contributed by atoms with Gasteiger partial charge in [-0.1, -0.05) is 33.6 Å². The summed E-state index contributed by atoms with van der Waals surface area (Å²) < 4.78 is 21.4. The van der Waals surface area contributed by atoms with E-state index in [9.17, 15) is 4.79 Å². The summed E-state index contributed by atoms with van der Waals surface area (Å²) in [6.07, 6.45) is 5.60. The van der Waals surface area contributed by atoms with E-state index in [0.29, 0.717) is 58.4 Å². The Hall–Kier alpha value is -0.650. The van der Waals surface area contributed by atoms with E-state index >= 15 is 0 Å². The molecular weight excluding hydrogens is 296 g/mol. The van der Waals surface area contributed by atoms with Crippen LogP contribution >= 0.6 is 0 Å². The molecule has 0 spiro atoms. The summed E-state index contributed by atoms with van der Waals surface area (Å²) in [4.78, 5) is 11.4. The molecule has 0 heterocycles. The lowest BCUT2D eigenvalue weighted by atomic mass is 10.1. The molecule has 0 rings (SSSR count). The molecular formula is C18H36O5. The summed E-state index contributed by atoms with van der Waals surface area (Å²) in [5.74, 6) is 0.429. The van der Waals surface area contributed by atoms with Crippen LogP contribution in [-0.4, -0.2) is 52.2 Å². The minimum absolute atomic E-state index is 0.134. The van der Waals surface area contributed by atoms with E-state index in [0.717, 1.165) is 19.4 Å². The van der Waals surface area contributed by atoms with Crippen molar-refractivity contribution in [3.05, 3.63) is 0 Å². The molecule has 0 saturated heterocycles. The van der Waals surface area contributed by atoms with Gasteiger partial charge in [-0.15, -0.1) is 0 Å². The number of rotatable bonds is 17. The van der Waals surface area contributed by atoms with Crippen molar-refractivity contribution >= 4 is 5.97 Å². The minimum atomic E-state index is -0.134. The molecule has 0 unspecified atom stereocenters. The summed E-state index contributed by atoms with van der Waals surface area (Å²) in [5, 5.41) is 0. The fraction of sp³-hybridized carbons (Fsp3) is 0.944. The Morgan fingerprint density at radius 2 is 1.35 bits per heavy atom. The highest BCUT2D eigenvalue weighted by molar-refractivity contribution is 5.69. The van der Waals surface area contributed by atoms with Crippen LogP contribution in [0.4, 0.5) is 0 Å². The van der Waals surface area contributed by atoms with Crippen molar-refractivity contribution in [1.29, 1.82) is 0 Å². The maximum atomic E-state index is 11.4. The quantitative estimate of drug-likeness (QED) is 0.301. The van der Waals surface area contributed by atoms with Crippen LogP contribution in [0.25, 0.3) is 0 Å². The Morgan fingerprint density at radius 1 is 0.783 bits per heavy atom. The smallest absolute Gasteiger partial charge is 0.305 e. The van der Waals surface area contributed by atoms with Crippen molar-refractivity contribution < 1.29 is 23.7 Å². The molecule has 0 fully saturated rings. The first-order chi connectivity index (χ1) is 11.2. The van der Waals surface area contributed by atoms with Gasteiger partial charge >= 0.3 is 5.97 Å². The van der Waals surface area contributed by atoms with Gasteiger partial charge in [-0.2, -0.15) is 0 Å². The summed E-state index contributed by atoms with van der Waals surface area (Å²) in [6, 6.07) is 0. The zero-order valence-electron chi connectivity index (χ0n) is 15.3.